The van der Waals surface area contributed by atoms with E-state index in [0.717, 1.165) is 31.4 Å². The molecule has 1 heterocycles. The highest BCUT2D eigenvalue weighted by Gasteiger charge is 2.18. The van der Waals surface area contributed by atoms with E-state index < -0.39 is 0 Å². The van der Waals surface area contributed by atoms with Crippen LogP contribution in [0, 0.1) is 19.8 Å². The fraction of sp³-hybridized carbons (Fsp3) is 0.647. The van der Waals surface area contributed by atoms with E-state index in [1.54, 1.807) is 0 Å². The van der Waals surface area contributed by atoms with E-state index in [9.17, 15) is 0 Å². The van der Waals surface area contributed by atoms with Crippen molar-refractivity contribution in [1.29, 1.82) is 0 Å². The number of hydrogen-bond acceptors (Lipinski definition) is 3. The van der Waals surface area contributed by atoms with Gasteiger partial charge in [-0.2, -0.15) is 0 Å². The Kier molecular flexibility index (Phi) is 5.86. The van der Waals surface area contributed by atoms with Gasteiger partial charge in [0.05, 0.1) is 0 Å². The molecule has 1 atom stereocenters. The number of rotatable bonds is 6. The summed E-state index contributed by atoms with van der Waals surface area (Å²) in [6.45, 7) is 9.62. The van der Waals surface area contributed by atoms with Crippen molar-refractivity contribution in [2.24, 2.45) is 5.92 Å². The summed E-state index contributed by atoms with van der Waals surface area (Å²) in [5, 5.41) is 3.29. The minimum Gasteiger partial charge on any atom is -0.492 e. The molecular weight excluding hydrogens is 248 g/mol. The molecule has 0 aromatic heterocycles. The van der Waals surface area contributed by atoms with Gasteiger partial charge in [-0.1, -0.05) is 6.07 Å². The normalized spacial score (nSPS) is 20.1. The van der Waals surface area contributed by atoms with Gasteiger partial charge in [-0.25, -0.2) is 0 Å². The van der Waals surface area contributed by atoms with Gasteiger partial charge in [-0.15, -0.1) is 0 Å². The first-order valence-corrected chi connectivity index (χ1v) is 7.75. The van der Waals surface area contributed by atoms with Gasteiger partial charge in [-0.3, -0.25) is 4.90 Å². The van der Waals surface area contributed by atoms with Crippen molar-refractivity contribution in [2.45, 2.75) is 26.7 Å². The Morgan fingerprint density at radius 1 is 1.25 bits per heavy atom. The highest BCUT2D eigenvalue weighted by Crippen LogP contribution is 2.17. The molecule has 1 aromatic carbocycles. The number of piperidine rings is 1. The van der Waals surface area contributed by atoms with Gasteiger partial charge >= 0.3 is 0 Å². The van der Waals surface area contributed by atoms with Crippen LogP contribution in [0.2, 0.25) is 0 Å². The number of benzene rings is 1. The van der Waals surface area contributed by atoms with Crippen LogP contribution in [0.3, 0.4) is 0 Å². The van der Waals surface area contributed by atoms with Gasteiger partial charge in [0.25, 0.3) is 0 Å². The van der Waals surface area contributed by atoms with E-state index >= 15 is 0 Å². The van der Waals surface area contributed by atoms with Crippen molar-refractivity contribution in [1.82, 2.24) is 10.2 Å². The first-order valence-electron chi connectivity index (χ1n) is 7.75. The molecular formula is C17H28N2O. The molecule has 0 aliphatic carbocycles. The Morgan fingerprint density at radius 2 is 2.00 bits per heavy atom. The SMILES string of the molecule is CNCC1CCCN(CCOc2cc(C)cc(C)c2)C1. The van der Waals surface area contributed by atoms with Crippen LogP contribution in [0.5, 0.6) is 5.75 Å². The third kappa shape index (κ3) is 4.80. The van der Waals surface area contributed by atoms with E-state index in [1.165, 1.54) is 37.1 Å². The van der Waals surface area contributed by atoms with Gasteiger partial charge in [0.2, 0.25) is 0 Å². The van der Waals surface area contributed by atoms with E-state index in [4.69, 9.17) is 4.74 Å². The molecule has 0 amide bonds. The summed E-state index contributed by atoms with van der Waals surface area (Å²) < 4.78 is 5.91. The predicted octanol–water partition coefficient (Wildman–Crippen LogP) is 2.61. The Balaban J connectivity index is 1.75. The van der Waals surface area contributed by atoms with E-state index in [0.29, 0.717) is 0 Å². The lowest BCUT2D eigenvalue weighted by molar-refractivity contribution is 0.146. The predicted molar refractivity (Wildman–Crippen MR) is 84.5 cm³/mol. The number of aryl methyl sites for hydroxylation is 2. The smallest absolute Gasteiger partial charge is 0.119 e. The number of hydrogen-bond donors (Lipinski definition) is 1. The molecule has 0 saturated carbocycles. The van der Waals surface area contributed by atoms with E-state index in [2.05, 4.69) is 42.3 Å². The second-order valence-corrected chi connectivity index (χ2v) is 6.04. The van der Waals surface area contributed by atoms with Crippen LogP contribution in [-0.2, 0) is 0 Å². The fourth-order valence-electron chi connectivity index (χ4n) is 3.12. The summed E-state index contributed by atoms with van der Waals surface area (Å²) in [7, 11) is 2.04. The average molecular weight is 276 g/mol. The molecule has 1 aromatic rings. The van der Waals surface area contributed by atoms with E-state index in [1.807, 2.05) is 7.05 Å². The van der Waals surface area contributed by atoms with Gasteiger partial charge < -0.3 is 10.1 Å². The Bertz CT molecular complexity index is 397. The molecule has 2 rings (SSSR count). The summed E-state index contributed by atoms with van der Waals surface area (Å²) in [4.78, 5) is 2.54. The Labute approximate surface area is 123 Å². The van der Waals surface area contributed by atoms with Crippen LogP contribution in [0.25, 0.3) is 0 Å². The van der Waals surface area contributed by atoms with Crippen LogP contribution in [-0.4, -0.2) is 44.7 Å². The maximum absolute atomic E-state index is 5.91. The molecule has 1 N–H and O–H groups in total. The molecule has 1 aliphatic heterocycles. The van der Waals surface area contributed by atoms with Crippen molar-refractivity contribution in [3.63, 3.8) is 0 Å². The summed E-state index contributed by atoms with van der Waals surface area (Å²) in [6.07, 6.45) is 2.67. The molecule has 0 bridgehead atoms. The molecule has 0 radical (unpaired) electrons. The zero-order chi connectivity index (χ0) is 14.4. The standard InChI is InChI=1S/C17H28N2O/c1-14-9-15(2)11-17(10-14)20-8-7-19-6-4-5-16(13-19)12-18-3/h9-11,16,18H,4-8,12-13H2,1-3H3. The third-order valence-corrected chi connectivity index (χ3v) is 3.97. The minimum atomic E-state index is 0.787. The Morgan fingerprint density at radius 3 is 2.70 bits per heavy atom. The van der Waals surface area contributed by atoms with Crippen molar-refractivity contribution < 1.29 is 4.74 Å². The maximum atomic E-state index is 5.91. The van der Waals surface area contributed by atoms with Crippen molar-refractivity contribution in [2.75, 3.05) is 39.8 Å². The summed E-state index contributed by atoms with van der Waals surface area (Å²) in [5.74, 6) is 1.81. The van der Waals surface area contributed by atoms with Crippen LogP contribution in [0.1, 0.15) is 24.0 Å². The minimum absolute atomic E-state index is 0.787. The second kappa shape index (κ2) is 7.65. The largest absolute Gasteiger partial charge is 0.492 e. The first kappa shape index (κ1) is 15.3. The highest BCUT2D eigenvalue weighted by molar-refractivity contribution is 5.32. The van der Waals surface area contributed by atoms with Gasteiger partial charge in [0, 0.05) is 13.1 Å². The molecule has 1 saturated heterocycles. The molecule has 112 valence electrons. The number of ether oxygens (including phenoxy) is 1. The monoisotopic (exact) mass is 276 g/mol. The molecule has 1 unspecified atom stereocenters. The van der Waals surface area contributed by atoms with Crippen LogP contribution in [0.15, 0.2) is 18.2 Å². The summed E-state index contributed by atoms with van der Waals surface area (Å²) in [6, 6.07) is 6.42. The second-order valence-electron chi connectivity index (χ2n) is 6.04. The Hall–Kier alpha value is -1.06. The van der Waals surface area contributed by atoms with Crippen LogP contribution in [0.4, 0.5) is 0 Å². The van der Waals surface area contributed by atoms with Gasteiger partial charge in [0.15, 0.2) is 0 Å². The van der Waals surface area contributed by atoms with Gasteiger partial charge in [-0.05, 0) is 76.0 Å². The highest BCUT2D eigenvalue weighted by atomic mass is 16.5. The zero-order valence-corrected chi connectivity index (χ0v) is 13.1. The molecule has 1 aliphatic rings. The first-order chi connectivity index (χ1) is 9.67. The lowest BCUT2D eigenvalue weighted by Gasteiger charge is -2.32. The topological polar surface area (TPSA) is 24.5 Å². The average Bonchev–Trinajstić information content (AvgIpc) is 2.38. The molecule has 3 nitrogen and oxygen atoms in total. The van der Waals surface area contributed by atoms with Crippen molar-refractivity contribution >= 4 is 0 Å². The van der Waals surface area contributed by atoms with Crippen molar-refractivity contribution in [3.05, 3.63) is 29.3 Å². The third-order valence-electron chi connectivity index (χ3n) is 3.97. The molecule has 20 heavy (non-hydrogen) atoms. The van der Waals surface area contributed by atoms with Crippen molar-refractivity contribution in [3.8, 4) is 5.75 Å². The molecule has 3 heteroatoms. The van der Waals surface area contributed by atoms with Crippen LogP contribution >= 0.6 is 0 Å². The summed E-state index contributed by atoms with van der Waals surface area (Å²) in [5.41, 5.74) is 2.54. The molecule has 1 fully saturated rings. The summed E-state index contributed by atoms with van der Waals surface area (Å²) >= 11 is 0. The number of nitrogens with zero attached hydrogens (tertiary/aromatic N) is 1. The lowest BCUT2D eigenvalue weighted by atomic mass is 9.98. The van der Waals surface area contributed by atoms with Crippen LogP contribution < -0.4 is 10.1 Å². The number of likely N-dealkylation sites (tertiary alicyclic amines) is 1. The zero-order valence-electron chi connectivity index (χ0n) is 13.1. The number of nitrogens with one attached hydrogen (secondary N) is 1. The fourth-order valence-corrected chi connectivity index (χ4v) is 3.12. The lowest BCUT2D eigenvalue weighted by Crippen LogP contribution is -2.40. The molecule has 0 spiro atoms. The quantitative estimate of drug-likeness (QED) is 0.864. The maximum Gasteiger partial charge on any atom is 0.119 e. The van der Waals surface area contributed by atoms with E-state index in [-0.39, 0.29) is 0 Å². The van der Waals surface area contributed by atoms with Gasteiger partial charge in [0.1, 0.15) is 12.4 Å².